The minimum atomic E-state index is -3.43. The van der Waals surface area contributed by atoms with Crippen molar-refractivity contribution >= 4 is 21.4 Å². The second-order valence-corrected chi connectivity index (χ2v) is 6.45. The number of halogens is 1. The van der Waals surface area contributed by atoms with Gasteiger partial charge in [0.05, 0.1) is 17.8 Å². The molecule has 0 unspecified atom stereocenters. The average Bonchev–Trinajstić information content (AvgIpc) is 2.39. The molecule has 0 saturated carbocycles. The van der Waals surface area contributed by atoms with Gasteiger partial charge >= 0.3 is 0 Å². The molecule has 0 aliphatic rings. The van der Waals surface area contributed by atoms with Gasteiger partial charge in [0.25, 0.3) is 0 Å². The zero-order valence-corrected chi connectivity index (χ0v) is 11.9. The number of methoxy groups -OCH3 is 1. The maximum Gasteiger partial charge on any atom is 0.182 e. The monoisotopic (exact) mass is 296 g/mol. The van der Waals surface area contributed by atoms with E-state index < -0.39 is 9.84 Å². The van der Waals surface area contributed by atoms with Crippen molar-refractivity contribution in [3.8, 4) is 5.75 Å². The Kier molecular flexibility index (Phi) is 4.12. The molecule has 0 radical (unpaired) electrons. The van der Waals surface area contributed by atoms with E-state index in [9.17, 15) is 8.42 Å². The van der Waals surface area contributed by atoms with Crippen molar-refractivity contribution in [2.75, 3.05) is 7.11 Å². The normalized spacial score (nSPS) is 11.3. The van der Waals surface area contributed by atoms with Crippen LogP contribution in [-0.4, -0.2) is 15.5 Å². The fourth-order valence-corrected chi connectivity index (χ4v) is 3.43. The fourth-order valence-electron chi connectivity index (χ4n) is 1.77. The lowest BCUT2D eigenvalue weighted by atomic mass is 10.2. The lowest BCUT2D eigenvalue weighted by Gasteiger charge is -2.09. The largest absolute Gasteiger partial charge is 0.496 e. The summed E-state index contributed by atoms with van der Waals surface area (Å²) in [5, 5.41) is 0.404. The van der Waals surface area contributed by atoms with Crippen molar-refractivity contribution in [3.05, 3.63) is 59.1 Å². The number of ether oxygens (including phenoxy) is 1. The van der Waals surface area contributed by atoms with E-state index in [2.05, 4.69) is 0 Å². The van der Waals surface area contributed by atoms with Gasteiger partial charge in [0, 0.05) is 10.6 Å². The minimum absolute atomic E-state index is 0.114. The third-order valence-electron chi connectivity index (χ3n) is 2.69. The fraction of sp³-hybridized carbons (Fsp3) is 0.143. The molecule has 0 atom stereocenters. The van der Waals surface area contributed by atoms with Gasteiger partial charge in [0.2, 0.25) is 0 Å². The lowest BCUT2D eigenvalue weighted by Crippen LogP contribution is -2.06. The SMILES string of the molecule is COc1ccccc1CS(=O)(=O)c1cccc(Cl)c1. The summed E-state index contributed by atoms with van der Waals surface area (Å²) in [7, 11) is -1.91. The Balaban J connectivity index is 2.37. The zero-order chi connectivity index (χ0) is 13.9. The second kappa shape index (κ2) is 5.63. The van der Waals surface area contributed by atoms with Crippen LogP contribution in [0, 0.1) is 0 Å². The highest BCUT2D eigenvalue weighted by molar-refractivity contribution is 7.90. The summed E-state index contributed by atoms with van der Waals surface area (Å²) in [6.07, 6.45) is 0. The quantitative estimate of drug-likeness (QED) is 0.869. The molecule has 0 bridgehead atoms. The van der Waals surface area contributed by atoms with Crippen LogP contribution in [-0.2, 0) is 15.6 Å². The van der Waals surface area contributed by atoms with Crippen LogP contribution in [0.1, 0.15) is 5.56 Å². The molecule has 0 heterocycles. The van der Waals surface area contributed by atoms with Crippen LogP contribution in [0.25, 0.3) is 0 Å². The molecule has 5 heteroatoms. The van der Waals surface area contributed by atoms with Gasteiger partial charge in [0.1, 0.15) is 5.75 Å². The maximum absolute atomic E-state index is 12.3. The van der Waals surface area contributed by atoms with E-state index in [-0.39, 0.29) is 10.6 Å². The summed E-state index contributed by atoms with van der Waals surface area (Å²) in [6.45, 7) is 0. The van der Waals surface area contributed by atoms with Crippen LogP contribution in [0.15, 0.2) is 53.4 Å². The number of rotatable bonds is 4. The molecule has 2 aromatic rings. The molecule has 3 nitrogen and oxygen atoms in total. The molecule has 2 aromatic carbocycles. The van der Waals surface area contributed by atoms with Gasteiger partial charge in [-0.2, -0.15) is 0 Å². The third kappa shape index (κ3) is 3.28. The van der Waals surface area contributed by atoms with Gasteiger partial charge < -0.3 is 4.74 Å². The number of hydrogen-bond donors (Lipinski definition) is 0. The number of sulfone groups is 1. The summed E-state index contributed by atoms with van der Waals surface area (Å²) in [4.78, 5) is 0.214. The first kappa shape index (κ1) is 13.9. The number of para-hydroxylation sites is 1. The molecule has 19 heavy (non-hydrogen) atoms. The van der Waals surface area contributed by atoms with Crippen LogP contribution in [0.2, 0.25) is 5.02 Å². The molecule has 0 spiro atoms. The molecule has 0 aliphatic heterocycles. The Morgan fingerprint density at radius 1 is 1.11 bits per heavy atom. The standard InChI is InChI=1S/C14H13ClO3S/c1-18-14-8-3-2-5-11(14)10-19(16,17)13-7-4-6-12(15)9-13/h2-9H,10H2,1H3. The molecular formula is C14H13ClO3S. The predicted octanol–water partition coefficient (Wildman–Crippen LogP) is 3.32. The van der Waals surface area contributed by atoms with Crippen LogP contribution in [0.4, 0.5) is 0 Å². The van der Waals surface area contributed by atoms with E-state index in [0.717, 1.165) is 0 Å². The Labute approximate surface area is 117 Å². The van der Waals surface area contributed by atoms with Gasteiger partial charge in [-0.3, -0.25) is 0 Å². The third-order valence-corrected chi connectivity index (χ3v) is 4.59. The molecule has 100 valence electrons. The molecular weight excluding hydrogens is 284 g/mol. The Morgan fingerprint density at radius 2 is 1.84 bits per heavy atom. The molecule has 0 N–H and O–H groups in total. The van der Waals surface area contributed by atoms with Gasteiger partial charge in [0.15, 0.2) is 9.84 Å². The Hall–Kier alpha value is -1.52. The van der Waals surface area contributed by atoms with Crippen molar-refractivity contribution in [1.82, 2.24) is 0 Å². The minimum Gasteiger partial charge on any atom is -0.496 e. The van der Waals surface area contributed by atoms with Gasteiger partial charge in [-0.15, -0.1) is 0 Å². The topological polar surface area (TPSA) is 43.4 Å². The van der Waals surface area contributed by atoms with Crippen LogP contribution in [0.5, 0.6) is 5.75 Å². The van der Waals surface area contributed by atoms with Crippen molar-refractivity contribution in [1.29, 1.82) is 0 Å². The summed E-state index contributed by atoms with van der Waals surface area (Å²) < 4.78 is 29.8. The van der Waals surface area contributed by atoms with Crippen molar-refractivity contribution in [2.24, 2.45) is 0 Å². The van der Waals surface area contributed by atoms with E-state index in [0.29, 0.717) is 16.3 Å². The lowest BCUT2D eigenvalue weighted by molar-refractivity contribution is 0.411. The highest BCUT2D eigenvalue weighted by Crippen LogP contribution is 2.24. The second-order valence-electron chi connectivity index (χ2n) is 4.03. The van der Waals surface area contributed by atoms with Crippen LogP contribution >= 0.6 is 11.6 Å². The maximum atomic E-state index is 12.3. The number of benzene rings is 2. The highest BCUT2D eigenvalue weighted by atomic mass is 35.5. The summed E-state index contributed by atoms with van der Waals surface area (Å²) in [5.74, 6) is 0.449. The van der Waals surface area contributed by atoms with E-state index in [4.69, 9.17) is 16.3 Å². The summed E-state index contributed by atoms with van der Waals surface area (Å²) >= 11 is 5.82. The van der Waals surface area contributed by atoms with E-state index in [1.54, 1.807) is 36.4 Å². The van der Waals surface area contributed by atoms with E-state index in [1.165, 1.54) is 19.2 Å². The Morgan fingerprint density at radius 3 is 2.53 bits per heavy atom. The van der Waals surface area contributed by atoms with Crippen molar-refractivity contribution < 1.29 is 13.2 Å². The first-order valence-electron chi connectivity index (χ1n) is 5.63. The Bertz CT molecular complexity index is 681. The first-order chi connectivity index (χ1) is 9.03. The first-order valence-corrected chi connectivity index (χ1v) is 7.66. The predicted molar refractivity (Wildman–Crippen MR) is 75.3 cm³/mol. The molecule has 0 aliphatic carbocycles. The highest BCUT2D eigenvalue weighted by Gasteiger charge is 2.17. The van der Waals surface area contributed by atoms with Crippen LogP contribution < -0.4 is 4.74 Å². The van der Waals surface area contributed by atoms with Gasteiger partial charge in [-0.25, -0.2) is 8.42 Å². The zero-order valence-electron chi connectivity index (χ0n) is 10.3. The summed E-state index contributed by atoms with van der Waals surface area (Å²) in [6, 6.07) is 13.3. The van der Waals surface area contributed by atoms with Gasteiger partial charge in [-0.05, 0) is 24.3 Å². The molecule has 0 fully saturated rings. The summed E-state index contributed by atoms with van der Waals surface area (Å²) in [5.41, 5.74) is 0.630. The van der Waals surface area contributed by atoms with E-state index in [1.807, 2.05) is 0 Å². The molecule has 0 saturated heterocycles. The molecule has 0 amide bonds. The number of hydrogen-bond acceptors (Lipinski definition) is 3. The van der Waals surface area contributed by atoms with Crippen LogP contribution in [0.3, 0.4) is 0 Å². The van der Waals surface area contributed by atoms with E-state index >= 15 is 0 Å². The van der Waals surface area contributed by atoms with Crippen molar-refractivity contribution in [2.45, 2.75) is 10.6 Å². The average molecular weight is 297 g/mol. The molecule has 2 rings (SSSR count). The van der Waals surface area contributed by atoms with Crippen molar-refractivity contribution in [3.63, 3.8) is 0 Å². The molecule has 0 aromatic heterocycles. The smallest absolute Gasteiger partial charge is 0.182 e. The van der Waals surface area contributed by atoms with Gasteiger partial charge in [-0.1, -0.05) is 35.9 Å².